The lowest BCUT2D eigenvalue weighted by Crippen LogP contribution is -2.46. The fourth-order valence-corrected chi connectivity index (χ4v) is 7.55. The normalized spacial score (nSPS) is 13.2. The van der Waals surface area contributed by atoms with Crippen LogP contribution in [0, 0.1) is 0 Å². The largest absolute Gasteiger partial charge is 0.462 e. The van der Waals surface area contributed by atoms with Gasteiger partial charge in [0.05, 0.1) is 25.2 Å². The molecule has 0 aliphatic rings. The van der Waals surface area contributed by atoms with Gasteiger partial charge in [-0.1, -0.05) is 226 Å². The predicted molar refractivity (Wildman–Crippen MR) is 227 cm³/mol. The van der Waals surface area contributed by atoms with Crippen molar-refractivity contribution >= 4 is 11.9 Å². The zero-order chi connectivity index (χ0) is 38.9. The first-order valence-electron chi connectivity index (χ1n) is 23.8. The van der Waals surface area contributed by atoms with Gasteiger partial charge < -0.3 is 20.3 Å². The van der Waals surface area contributed by atoms with Crippen LogP contribution in [0.15, 0.2) is 0 Å². The first-order chi connectivity index (χ1) is 26.0. The molecule has 0 fully saturated rings. The van der Waals surface area contributed by atoms with Crippen molar-refractivity contribution in [2.75, 3.05) is 6.61 Å². The van der Waals surface area contributed by atoms with E-state index in [0.29, 0.717) is 19.3 Å². The van der Waals surface area contributed by atoms with Gasteiger partial charge >= 0.3 is 5.97 Å². The van der Waals surface area contributed by atoms with Crippen molar-refractivity contribution in [2.24, 2.45) is 0 Å². The molecule has 0 spiro atoms. The lowest BCUT2D eigenvalue weighted by Gasteiger charge is -2.24. The molecule has 6 nitrogen and oxygen atoms in total. The third kappa shape index (κ3) is 37.6. The number of esters is 1. The highest BCUT2D eigenvalue weighted by Crippen LogP contribution is 2.18. The van der Waals surface area contributed by atoms with Crippen LogP contribution in [0.5, 0.6) is 0 Å². The fraction of sp³-hybridized carbons (Fsp3) is 0.957. The standard InChI is InChI=1S/C47H93NO5/c1-4-7-10-13-16-19-22-23-25-28-31-34-37-40-47(52)53-43(38-35-32-29-26-21-18-15-12-9-6-3)41-46(51)48-44(42-49)45(50)39-36-33-30-27-24-20-17-14-11-8-5-2/h43-45,49-50H,4-42H2,1-3H3,(H,48,51). The van der Waals surface area contributed by atoms with E-state index >= 15 is 0 Å². The lowest BCUT2D eigenvalue weighted by atomic mass is 10.0. The maximum Gasteiger partial charge on any atom is 0.306 e. The molecule has 0 aromatic carbocycles. The number of aliphatic hydroxyl groups excluding tert-OH is 2. The number of amides is 1. The van der Waals surface area contributed by atoms with Gasteiger partial charge in [0.25, 0.3) is 0 Å². The molecule has 0 saturated carbocycles. The Balaban J connectivity index is 4.50. The molecular weight excluding hydrogens is 659 g/mol. The molecule has 0 aromatic heterocycles. The summed E-state index contributed by atoms with van der Waals surface area (Å²) >= 11 is 0. The highest BCUT2D eigenvalue weighted by atomic mass is 16.5. The molecule has 0 radical (unpaired) electrons. The number of hydrogen-bond donors (Lipinski definition) is 3. The van der Waals surface area contributed by atoms with E-state index in [1.807, 2.05) is 0 Å². The van der Waals surface area contributed by atoms with Crippen molar-refractivity contribution in [3.63, 3.8) is 0 Å². The molecule has 6 heteroatoms. The highest BCUT2D eigenvalue weighted by Gasteiger charge is 2.24. The van der Waals surface area contributed by atoms with Gasteiger partial charge in [-0.3, -0.25) is 9.59 Å². The summed E-state index contributed by atoms with van der Waals surface area (Å²) in [7, 11) is 0. The van der Waals surface area contributed by atoms with Crippen LogP contribution < -0.4 is 5.32 Å². The first kappa shape index (κ1) is 51.9. The lowest BCUT2D eigenvalue weighted by molar-refractivity contribution is -0.151. The number of aliphatic hydroxyl groups is 2. The minimum Gasteiger partial charge on any atom is -0.462 e. The first-order valence-corrected chi connectivity index (χ1v) is 23.8. The van der Waals surface area contributed by atoms with Gasteiger partial charge in [-0.2, -0.15) is 0 Å². The van der Waals surface area contributed by atoms with Gasteiger partial charge in [0.1, 0.15) is 6.10 Å². The SMILES string of the molecule is CCCCCCCCCCCCCCCC(=O)OC(CCCCCCCCCCCC)CC(=O)NC(CO)C(O)CCCCCCCCCCCCC. The Morgan fingerprint density at radius 1 is 0.472 bits per heavy atom. The number of rotatable bonds is 43. The van der Waals surface area contributed by atoms with Crippen molar-refractivity contribution in [1.29, 1.82) is 0 Å². The summed E-state index contributed by atoms with van der Waals surface area (Å²) in [5.74, 6) is -0.457. The van der Waals surface area contributed by atoms with E-state index in [9.17, 15) is 19.8 Å². The average molecular weight is 752 g/mol. The van der Waals surface area contributed by atoms with Crippen LogP contribution in [-0.2, 0) is 14.3 Å². The molecule has 0 bridgehead atoms. The van der Waals surface area contributed by atoms with Gasteiger partial charge in [0.2, 0.25) is 5.91 Å². The summed E-state index contributed by atoms with van der Waals surface area (Å²) in [4.78, 5) is 26.0. The molecular formula is C47H93NO5. The Morgan fingerprint density at radius 2 is 0.792 bits per heavy atom. The fourth-order valence-electron chi connectivity index (χ4n) is 7.55. The van der Waals surface area contributed by atoms with Crippen molar-refractivity contribution in [3.8, 4) is 0 Å². The number of carbonyl (C=O) groups is 2. The monoisotopic (exact) mass is 752 g/mol. The molecule has 0 heterocycles. The van der Waals surface area contributed by atoms with Crippen molar-refractivity contribution in [1.82, 2.24) is 5.32 Å². The van der Waals surface area contributed by atoms with Crippen molar-refractivity contribution < 1.29 is 24.5 Å². The Hall–Kier alpha value is -1.14. The number of ether oxygens (including phenoxy) is 1. The van der Waals surface area contributed by atoms with Gasteiger partial charge in [-0.25, -0.2) is 0 Å². The summed E-state index contributed by atoms with van der Waals surface area (Å²) in [5.41, 5.74) is 0. The molecule has 0 saturated heterocycles. The number of unbranched alkanes of at least 4 members (excludes halogenated alkanes) is 31. The smallest absolute Gasteiger partial charge is 0.306 e. The molecule has 53 heavy (non-hydrogen) atoms. The van der Waals surface area contributed by atoms with E-state index < -0.39 is 18.2 Å². The van der Waals surface area contributed by atoms with Gasteiger partial charge in [0.15, 0.2) is 0 Å². The topological polar surface area (TPSA) is 95.9 Å². The molecule has 0 aliphatic carbocycles. The number of hydrogen-bond acceptors (Lipinski definition) is 5. The van der Waals surface area contributed by atoms with Crippen molar-refractivity contribution in [3.05, 3.63) is 0 Å². The van der Waals surface area contributed by atoms with Crippen LogP contribution in [0.1, 0.15) is 265 Å². The molecule has 0 aliphatic heterocycles. The Kier molecular flexibility index (Phi) is 41.1. The minimum atomic E-state index is -0.777. The number of carbonyl (C=O) groups excluding carboxylic acids is 2. The van der Waals surface area contributed by atoms with Crippen LogP contribution >= 0.6 is 0 Å². The molecule has 0 aromatic rings. The van der Waals surface area contributed by atoms with Gasteiger partial charge in [-0.05, 0) is 25.7 Å². The quantitative estimate of drug-likeness (QED) is 0.0426. The summed E-state index contributed by atoms with van der Waals surface area (Å²) in [5, 5.41) is 23.6. The zero-order valence-corrected chi connectivity index (χ0v) is 35.9. The second kappa shape index (κ2) is 42.0. The van der Waals surface area contributed by atoms with Crippen LogP contribution in [0.25, 0.3) is 0 Å². The molecule has 1 amide bonds. The Morgan fingerprint density at radius 3 is 1.15 bits per heavy atom. The summed E-state index contributed by atoms with van der Waals surface area (Å²) in [6, 6.07) is -0.690. The maximum atomic E-state index is 13.1. The van der Waals surface area contributed by atoms with Crippen LogP contribution in [0.3, 0.4) is 0 Å². The third-order valence-electron chi connectivity index (χ3n) is 11.2. The second-order valence-corrected chi connectivity index (χ2v) is 16.5. The predicted octanol–water partition coefficient (Wildman–Crippen LogP) is 13.6. The third-order valence-corrected chi connectivity index (χ3v) is 11.2. The molecule has 316 valence electrons. The Labute approximate surface area is 330 Å². The highest BCUT2D eigenvalue weighted by molar-refractivity contribution is 5.77. The van der Waals surface area contributed by atoms with Gasteiger partial charge in [0, 0.05) is 6.42 Å². The van der Waals surface area contributed by atoms with Crippen LogP contribution in [0.2, 0.25) is 0 Å². The van der Waals surface area contributed by atoms with E-state index in [1.54, 1.807) is 0 Å². The van der Waals surface area contributed by atoms with E-state index in [0.717, 1.165) is 44.9 Å². The van der Waals surface area contributed by atoms with Gasteiger partial charge in [-0.15, -0.1) is 0 Å². The molecule has 3 N–H and O–H groups in total. The summed E-state index contributed by atoms with van der Waals surface area (Å²) < 4.78 is 5.91. The maximum absolute atomic E-state index is 13.1. The van der Waals surface area contributed by atoms with E-state index in [1.165, 1.54) is 173 Å². The number of nitrogens with one attached hydrogen (secondary N) is 1. The van der Waals surface area contributed by atoms with Crippen molar-refractivity contribution in [2.45, 2.75) is 283 Å². The van der Waals surface area contributed by atoms with Crippen LogP contribution in [-0.4, -0.2) is 46.9 Å². The Bertz CT molecular complexity index is 761. The minimum absolute atomic E-state index is 0.0867. The van der Waals surface area contributed by atoms with E-state index in [2.05, 4.69) is 26.1 Å². The van der Waals surface area contributed by atoms with E-state index in [-0.39, 0.29) is 24.9 Å². The summed E-state index contributed by atoms with van der Waals surface area (Å²) in [6.45, 7) is 6.48. The second-order valence-electron chi connectivity index (χ2n) is 16.5. The average Bonchev–Trinajstić information content (AvgIpc) is 3.15. The zero-order valence-electron chi connectivity index (χ0n) is 35.9. The molecule has 0 rings (SSSR count). The van der Waals surface area contributed by atoms with Crippen LogP contribution in [0.4, 0.5) is 0 Å². The molecule has 3 unspecified atom stereocenters. The molecule has 3 atom stereocenters. The summed E-state index contributed by atoms with van der Waals surface area (Å²) in [6.07, 6.45) is 43.0. The van der Waals surface area contributed by atoms with E-state index in [4.69, 9.17) is 4.74 Å².